The molecule has 1 aliphatic rings. The molecule has 108 valence electrons. The molecule has 4 rings (SSSR count). The van der Waals surface area contributed by atoms with Crippen molar-refractivity contribution in [1.29, 1.82) is 0 Å². The Hall–Kier alpha value is -2.08. The first kappa shape index (κ1) is 13.6. The van der Waals surface area contributed by atoms with Gasteiger partial charge in [0.25, 0.3) is 0 Å². The molecule has 0 bridgehead atoms. The molecule has 0 saturated heterocycles. The number of halogens is 1. The highest BCUT2D eigenvalue weighted by atomic mass is 127. The number of ether oxygens (including phenoxy) is 1. The first-order chi connectivity index (χ1) is 10.7. The second-order valence-corrected chi connectivity index (χ2v) is 6.30. The quantitative estimate of drug-likeness (QED) is 0.594. The van der Waals surface area contributed by atoms with Crippen LogP contribution in [0.15, 0.2) is 48.7 Å². The average molecular weight is 401 g/mol. The van der Waals surface area contributed by atoms with Crippen LogP contribution >= 0.6 is 22.6 Å². The summed E-state index contributed by atoms with van der Waals surface area (Å²) in [5.41, 5.74) is 3.81. The molecule has 4 heteroatoms. The average Bonchev–Trinajstić information content (AvgIpc) is 2.92. The summed E-state index contributed by atoms with van der Waals surface area (Å²) in [6, 6.07) is 12.0. The predicted molar refractivity (Wildman–Crippen MR) is 95.9 cm³/mol. The van der Waals surface area contributed by atoms with Gasteiger partial charge in [-0.05, 0) is 52.4 Å². The normalized spacial score (nSPS) is 12.9. The van der Waals surface area contributed by atoms with Gasteiger partial charge in [0.2, 0.25) is 0 Å². The van der Waals surface area contributed by atoms with Crippen molar-refractivity contribution in [3.8, 4) is 11.4 Å². The Kier molecular flexibility index (Phi) is 3.07. The zero-order valence-corrected chi connectivity index (χ0v) is 14.0. The molecule has 1 aliphatic carbocycles. The number of hydrogen-bond donors (Lipinski definition) is 0. The van der Waals surface area contributed by atoms with Crippen LogP contribution in [-0.2, 0) is 0 Å². The van der Waals surface area contributed by atoms with Gasteiger partial charge in [-0.25, -0.2) is 0 Å². The summed E-state index contributed by atoms with van der Waals surface area (Å²) >= 11 is 2.30. The number of rotatable bonds is 2. The van der Waals surface area contributed by atoms with Gasteiger partial charge in [-0.2, -0.15) is 0 Å². The van der Waals surface area contributed by atoms with Crippen molar-refractivity contribution < 1.29 is 9.53 Å². The highest BCUT2D eigenvalue weighted by Crippen LogP contribution is 2.36. The number of methoxy groups -OCH3 is 1. The van der Waals surface area contributed by atoms with E-state index in [9.17, 15) is 4.79 Å². The minimum absolute atomic E-state index is 0.0485. The number of carbonyl (C=O) groups is 1. The standard InChI is InChI=1S/C18H12INO2/c1-22-16-7-3-5-13(19)18(16)20-10-12-15(21)9-8-11-4-2-6-14(20)17(11)12/h2-10H,1H3. The zero-order valence-electron chi connectivity index (χ0n) is 11.8. The molecule has 1 aromatic heterocycles. The van der Waals surface area contributed by atoms with E-state index in [-0.39, 0.29) is 5.78 Å². The topological polar surface area (TPSA) is 31.2 Å². The summed E-state index contributed by atoms with van der Waals surface area (Å²) in [6.07, 6.45) is 5.43. The number of benzene rings is 2. The molecule has 0 spiro atoms. The molecule has 3 aromatic rings. The number of hydrogen-bond acceptors (Lipinski definition) is 2. The number of carbonyl (C=O) groups excluding carboxylic acids is 1. The van der Waals surface area contributed by atoms with Gasteiger partial charge >= 0.3 is 0 Å². The van der Waals surface area contributed by atoms with Crippen molar-refractivity contribution >= 4 is 45.4 Å². The van der Waals surface area contributed by atoms with E-state index >= 15 is 0 Å². The number of nitrogens with zero attached hydrogens (tertiary/aromatic N) is 1. The molecule has 0 radical (unpaired) electrons. The molecule has 0 fully saturated rings. The maximum Gasteiger partial charge on any atom is 0.188 e. The second-order valence-electron chi connectivity index (χ2n) is 5.14. The highest BCUT2D eigenvalue weighted by Gasteiger charge is 2.21. The second kappa shape index (κ2) is 4.98. The van der Waals surface area contributed by atoms with E-state index in [4.69, 9.17) is 4.74 Å². The molecule has 0 amide bonds. The SMILES string of the molecule is COc1cccc(I)c1-n1cc2c3c(cccc31)C=CC2=O. The van der Waals surface area contributed by atoms with Gasteiger partial charge < -0.3 is 9.30 Å². The van der Waals surface area contributed by atoms with Crippen LogP contribution in [0, 0.1) is 3.57 Å². The largest absolute Gasteiger partial charge is 0.495 e. The summed E-state index contributed by atoms with van der Waals surface area (Å²) in [4.78, 5) is 12.2. The maximum atomic E-state index is 12.2. The van der Waals surface area contributed by atoms with Crippen molar-refractivity contribution in [2.24, 2.45) is 0 Å². The first-order valence-corrected chi connectivity index (χ1v) is 7.98. The van der Waals surface area contributed by atoms with Crippen LogP contribution in [0.1, 0.15) is 15.9 Å². The van der Waals surface area contributed by atoms with Gasteiger partial charge in [0.15, 0.2) is 5.78 Å². The summed E-state index contributed by atoms with van der Waals surface area (Å²) in [6.45, 7) is 0. The van der Waals surface area contributed by atoms with Crippen LogP contribution in [0.2, 0.25) is 0 Å². The van der Waals surface area contributed by atoms with Crippen molar-refractivity contribution in [2.75, 3.05) is 7.11 Å². The van der Waals surface area contributed by atoms with Crippen LogP contribution in [0.3, 0.4) is 0 Å². The Morgan fingerprint density at radius 2 is 1.91 bits per heavy atom. The van der Waals surface area contributed by atoms with Gasteiger partial charge in [-0.1, -0.05) is 24.3 Å². The third-order valence-corrected chi connectivity index (χ3v) is 4.82. The molecule has 1 heterocycles. The molecular formula is C18H12INO2. The third kappa shape index (κ3) is 1.83. The Labute approximate surface area is 141 Å². The molecule has 22 heavy (non-hydrogen) atoms. The van der Waals surface area contributed by atoms with Crippen LogP contribution in [0.4, 0.5) is 0 Å². The van der Waals surface area contributed by atoms with E-state index in [1.807, 2.05) is 48.7 Å². The molecule has 0 aliphatic heterocycles. The van der Waals surface area contributed by atoms with E-state index in [2.05, 4.69) is 27.2 Å². The Bertz CT molecular complexity index is 953. The lowest BCUT2D eigenvalue weighted by molar-refractivity contribution is 0.104. The fourth-order valence-electron chi connectivity index (χ4n) is 2.97. The minimum Gasteiger partial charge on any atom is -0.495 e. The Balaban J connectivity index is 2.12. The fourth-order valence-corrected chi connectivity index (χ4v) is 3.71. The van der Waals surface area contributed by atoms with Crippen molar-refractivity contribution in [3.63, 3.8) is 0 Å². The first-order valence-electron chi connectivity index (χ1n) is 6.90. The fraction of sp³-hybridized carbons (Fsp3) is 0.0556. The van der Waals surface area contributed by atoms with Gasteiger partial charge in [0.1, 0.15) is 11.4 Å². The number of para-hydroxylation sites is 1. The smallest absolute Gasteiger partial charge is 0.188 e. The van der Waals surface area contributed by atoms with Crippen molar-refractivity contribution in [2.45, 2.75) is 0 Å². The molecule has 0 N–H and O–H groups in total. The van der Waals surface area contributed by atoms with Crippen LogP contribution < -0.4 is 4.74 Å². The monoisotopic (exact) mass is 401 g/mol. The van der Waals surface area contributed by atoms with E-state index in [0.29, 0.717) is 0 Å². The number of ketones is 1. The van der Waals surface area contributed by atoms with Gasteiger partial charge in [0.05, 0.1) is 12.6 Å². The number of allylic oxidation sites excluding steroid dienone is 1. The Morgan fingerprint density at radius 3 is 2.73 bits per heavy atom. The van der Waals surface area contributed by atoms with E-state index in [1.54, 1.807) is 13.2 Å². The van der Waals surface area contributed by atoms with Crippen LogP contribution in [-0.4, -0.2) is 17.5 Å². The lowest BCUT2D eigenvalue weighted by atomic mass is 9.98. The van der Waals surface area contributed by atoms with Gasteiger partial charge in [-0.15, -0.1) is 0 Å². The minimum atomic E-state index is 0.0485. The molecular weight excluding hydrogens is 389 g/mol. The van der Waals surface area contributed by atoms with Crippen LogP contribution in [0.5, 0.6) is 5.75 Å². The van der Waals surface area contributed by atoms with E-state index in [0.717, 1.165) is 37.0 Å². The summed E-state index contributed by atoms with van der Waals surface area (Å²) in [7, 11) is 1.66. The highest BCUT2D eigenvalue weighted by molar-refractivity contribution is 14.1. The van der Waals surface area contributed by atoms with Crippen molar-refractivity contribution in [1.82, 2.24) is 4.57 Å². The Morgan fingerprint density at radius 1 is 1.09 bits per heavy atom. The number of aromatic nitrogens is 1. The summed E-state index contributed by atoms with van der Waals surface area (Å²) < 4.78 is 8.65. The molecule has 3 nitrogen and oxygen atoms in total. The zero-order chi connectivity index (χ0) is 15.3. The lowest BCUT2D eigenvalue weighted by Gasteiger charge is -2.13. The van der Waals surface area contributed by atoms with Crippen molar-refractivity contribution in [3.05, 3.63) is 63.4 Å². The van der Waals surface area contributed by atoms with Gasteiger partial charge in [0, 0.05) is 20.7 Å². The summed E-state index contributed by atoms with van der Waals surface area (Å²) in [5.74, 6) is 0.841. The van der Waals surface area contributed by atoms with E-state index < -0.39 is 0 Å². The van der Waals surface area contributed by atoms with Gasteiger partial charge in [-0.3, -0.25) is 4.79 Å². The third-order valence-electron chi connectivity index (χ3n) is 3.95. The molecule has 0 unspecified atom stereocenters. The maximum absolute atomic E-state index is 12.2. The molecule has 2 aromatic carbocycles. The summed E-state index contributed by atoms with van der Waals surface area (Å²) in [5, 5.41) is 1.01. The molecule has 0 saturated carbocycles. The van der Waals surface area contributed by atoms with E-state index in [1.165, 1.54) is 0 Å². The lowest BCUT2D eigenvalue weighted by Crippen LogP contribution is -1.99. The molecule has 0 atom stereocenters. The predicted octanol–water partition coefficient (Wildman–Crippen LogP) is 4.45. The van der Waals surface area contributed by atoms with Crippen LogP contribution in [0.25, 0.3) is 22.7 Å².